The van der Waals surface area contributed by atoms with Crippen LogP contribution in [0.4, 0.5) is 14.7 Å². The van der Waals surface area contributed by atoms with Crippen LogP contribution in [-0.4, -0.2) is 42.6 Å². The van der Waals surface area contributed by atoms with Gasteiger partial charge in [-0.3, -0.25) is 0 Å². The fourth-order valence-corrected chi connectivity index (χ4v) is 3.91. The monoisotopic (exact) mass is 429 g/mol. The van der Waals surface area contributed by atoms with Gasteiger partial charge in [-0.2, -0.15) is 0 Å². The number of pyridine rings is 1. The Morgan fingerprint density at radius 1 is 1.06 bits per heavy atom. The predicted molar refractivity (Wildman–Crippen MR) is 120 cm³/mol. The number of rotatable bonds is 4. The second-order valence-corrected chi connectivity index (χ2v) is 7.71. The van der Waals surface area contributed by atoms with Crippen LogP contribution in [0.3, 0.4) is 0 Å². The second kappa shape index (κ2) is 9.36. The van der Waals surface area contributed by atoms with Gasteiger partial charge in [-0.15, -0.1) is 5.10 Å². The molecule has 1 fully saturated rings. The first kappa shape index (κ1) is 21.1. The van der Waals surface area contributed by atoms with E-state index in [2.05, 4.69) is 25.4 Å². The lowest BCUT2D eigenvalue weighted by molar-refractivity contribution is 0.127. The highest BCUT2D eigenvalue weighted by Crippen LogP contribution is 2.26. The molecule has 166 valence electrons. The summed E-state index contributed by atoms with van der Waals surface area (Å²) in [5.41, 5.74) is 3.31. The minimum Gasteiger partial charge on any atom is -0.356 e. The minimum absolute atomic E-state index is 0. The molecule has 0 unspecified atom stereocenters. The van der Waals surface area contributed by atoms with Crippen molar-refractivity contribution in [2.24, 2.45) is 0 Å². The number of hydrogen-bond donors (Lipinski definition) is 1. The van der Waals surface area contributed by atoms with Crippen molar-refractivity contribution in [2.75, 3.05) is 12.4 Å². The van der Waals surface area contributed by atoms with Gasteiger partial charge in [-0.25, -0.2) is 28.2 Å². The van der Waals surface area contributed by atoms with Gasteiger partial charge in [0.2, 0.25) is 5.95 Å². The Morgan fingerprint density at radius 3 is 2.42 bits per heavy atom. The average molecular weight is 430 g/mol. The molecule has 0 saturated heterocycles. The van der Waals surface area contributed by atoms with Gasteiger partial charge in [0, 0.05) is 20.2 Å². The Hall–Kier alpha value is -3.10. The van der Waals surface area contributed by atoms with E-state index in [-0.39, 0.29) is 1.43 Å². The van der Waals surface area contributed by atoms with Crippen LogP contribution in [0.2, 0.25) is 0 Å². The maximum Gasteiger partial charge on any atom is 0.256 e. The molecule has 4 heterocycles. The predicted octanol–water partition coefficient (Wildman–Crippen LogP) is 5.34. The van der Waals surface area contributed by atoms with Crippen LogP contribution in [0.1, 0.15) is 45.8 Å². The van der Waals surface area contributed by atoms with Crippen molar-refractivity contribution in [1.82, 2.24) is 29.1 Å². The summed E-state index contributed by atoms with van der Waals surface area (Å²) in [5.74, 6) is 1.02. The molecule has 5 rings (SSSR count). The molecule has 4 aromatic heterocycles. The van der Waals surface area contributed by atoms with E-state index in [9.17, 15) is 8.78 Å². The Morgan fingerprint density at radius 2 is 1.77 bits per heavy atom. The molecule has 0 aromatic carbocycles. The van der Waals surface area contributed by atoms with E-state index in [1.165, 1.54) is 43.1 Å². The first-order valence-electron chi connectivity index (χ1n) is 10.7. The smallest absolute Gasteiger partial charge is 0.256 e. The zero-order chi connectivity index (χ0) is 21.8. The van der Waals surface area contributed by atoms with Crippen molar-refractivity contribution in [3.63, 3.8) is 0 Å². The zero-order valence-corrected chi connectivity index (χ0v) is 17.9. The fourth-order valence-electron chi connectivity index (χ4n) is 3.91. The van der Waals surface area contributed by atoms with Crippen LogP contribution in [0, 0.1) is 6.92 Å². The number of imidazole rings is 1. The highest BCUT2D eigenvalue weighted by molar-refractivity contribution is 5.82. The number of fused-ring (bicyclic) bond motifs is 2. The molecule has 0 radical (unpaired) electrons. The summed E-state index contributed by atoms with van der Waals surface area (Å²) in [6.07, 6.45) is 10.0. The van der Waals surface area contributed by atoms with E-state index in [4.69, 9.17) is 0 Å². The summed E-state index contributed by atoms with van der Waals surface area (Å²) in [6, 6.07) is 5.49. The lowest BCUT2D eigenvalue weighted by Gasteiger charge is -2.06. The van der Waals surface area contributed by atoms with Gasteiger partial charge in [-0.1, -0.05) is 38.5 Å². The number of anilines is 1. The molecule has 0 bridgehead atoms. The highest BCUT2D eigenvalue weighted by Gasteiger charge is 2.15. The van der Waals surface area contributed by atoms with Crippen LogP contribution < -0.4 is 5.32 Å². The number of aryl methyl sites for hydroxylation is 1. The van der Waals surface area contributed by atoms with Crippen LogP contribution in [-0.2, 0) is 6.54 Å². The molecule has 0 amide bonds. The van der Waals surface area contributed by atoms with Gasteiger partial charge in [0.1, 0.15) is 11.3 Å². The summed E-state index contributed by atoms with van der Waals surface area (Å²) >= 11 is 0. The van der Waals surface area contributed by atoms with Gasteiger partial charge in [0.15, 0.2) is 5.65 Å². The maximum atomic E-state index is 12.9. The summed E-state index contributed by atoms with van der Waals surface area (Å²) in [7, 11) is 1.74. The van der Waals surface area contributed by atoms with Gasteiger partial charge < -0.3 is 9.88 Å². The van der Waals surface area contributed by atoms with E-state index < -0.39 is 13.0 Å². The molecule has 1 aliphatic carbocycles. The zero-order valence-electron chi connectivity index (χ0n) is 17.9. The third-order valence-electron chi connectivity index (χ3n) is 5.52. The second-order valence-electron chi connectivity index (χ2n) is 7.71. The van der Waals surface area contributed by atoms with Gasteiger partial charge in [-0.05, 0) is 25.1 Å². The molecule has 0 aliphatic heterocycles. The number of halogens is 2. The molecular formula is C22H29F2N7. The van der Waals surface area contributed by atoms with Crippen molar-refractivity contribution in [3.8, 4) is 11.3 Å². The van der Waals surface area contributed by atoms with Crippen molar-refractivity contribution < 1.29 is 10.2 Å². The molecule has 1 aliphatic rings. The Labute approximate surface area is 181 Å². The standard InChI is InChI=1S/C16H15F2N7.C6H12.H2/c1-9-21-12-4-3-11(22-15(12)24(9)8-14(17)18)10-5-6-25-13(10)7-20-16(19-2)23-25;1-2-4-6-5-3-1;/h3-7,14H,8H2,1-2H3,(H,19,23);1-6H2;1H. The quantitative estimate of drug-likeness (QED) is 0.474. The molecule has 0 atom stereocenters. The van der Waals surface area contributed by atoms with Gasteiger partial charge in [0.05, 0.1) is 24.0 Å². The highest BCUT2D eigenvalue weighted by atomic mass is 19.3. The Balaban J connectivity index is 0.000000360. The minimum atomic E-state index is -2.47. The molecule has 9 heteroatoms. The van der Waals surface area contributed by atoms with Crippen LogP contribution in [0.25, 0.3) is 27.9 Å². The number of alkyl halides is 2. The number of aromatic nitrogens is 6. The molecular weight excluding hydrogens is 400 g/mol. The van der Waals surface area contributed by atoms with Crippen LogP contribution in [0.15, 0.2) is 30.6 Å². The average Bonchev–Trinajstić information content (AvgIpc) is 3.35. The van der Waals surface area contributed by atoms with Crippen LogP contribution in [0.5, 0.6) is 0 Å². The normalized spacial score (nSPS) is 14.1. The third kappa shape index (κ3) is 4.65. The lowest BCUT2D eigenvalue weighted by atomic mass is 10.0. The third-order valence-corrected chi connectivity index (χ3v) is 5.52. The Bertz CT molecular complexity index is 1160. The van der Waals surface area contributed by atoms with E-state index in [1.54, 1.807) is 36.9 Å². The molecule has 0 spiro atoms. The van der Waals surface area contributed by atoms with E-state index >= 15 is 0 Å². The fraction of sp³-hybridized carbons (Fsp3) is 0.455. The molecule has 1 saturated carbocycles. The van der Waals surface area contributed by atoms with Crippen molar-refractivity contribution in [2.45, 2.75) is 58.4 Å². The summed E-state index contributed by atoms with van der Waals surface area (Å²) in [5, 5.41) is 7.19. The van der Waals surface area contributed by atoms with Crippen molar-refractivity contribution >= 4 is 22.6 Å². The first-order valence-corrected chi connectivity index (χ1v) is 10.7. The van der Waals surface area contributed by atoms with Gasteiger partial charge >= 0.3 is 0 Å². The van der Waals surface area contributed by atoms with E-state index in [0.717, 1.165) is 11.1 Å². The van der Waals surface area contributed by atoms with Crippen LogP contribution >= 0.6 is 0 Å². The molecule has 4 aromatic rings. The largest absolute Gasteiger partial charge is 0.356 e. The van der Waals surface area contributed by atoms with E-state index in [0.29, 0.717) is 28.6 Å². The van der Waals surface area contributed by atoms with Crippen molar-refractivity contribution in [3.05, 3.63) is 36.4 Å². The number of nitrogens with zero attached hydrogens (tertiary/aromatic N) is 6. The Kier molecular flexibility index (Phi) is 6.39. The van der Waals surface area contributed by atoms with E-state index in [1.807, 2.05) is 12.1 Å². The summed E-state index contributed by atoms with van der Waals surface area (Å²) < 4.78 is 28.9. The summed E-state index contributed by atoms with van der Waals surface area (Å²) in [6.45, 7) is 1.27. The maximum absolute atomic E-state index is 12.9. The SMILES string of the molecule is C1CCCCC1.CNc1ncc2c(-c3ccc4nc(C)n(CC(F)F)c4n3)ccn2n1.[HH]. The topological polar surface area (TPSA) is 72.9 Å². The van der Waals surface area contributed by atoms with Gasteiger partial charge in [0.25, 0.3) is 6.43 Å². The lowest BCUT2D eigenvalue weighted by Crippen LogP contribution is -2.08. The van der Waals surface area contributed by atoms with Crippen molar-refractivity contribution in [1.29, 1.82) is 0 Å². The molecule has 7 nitrogen and oxygen atoms in total. The summed E-state index contributed by atoms with van der Waals surface area (Å²) in [4.78, 5) is 13.1. The molecule has 31 heavy (non-hydrogen) atoms. The molecule has 1 N–H and O–H groups in total. The number of hydrogen-bond acceptors (Lipinski definition) is 5. The number of nitrogens with one attached hydrogen (secondary N) is 1. The first-order chi connectivity index (χ1) is 15.1.